The van der Waals surface area contributed by atoms with Gasteiger partial charge in [0.05, 0.1) is 18.6 Å². The van der Waals surface area contributed by atoms with Crippen molar-refractivity contribution in [2.45, 2.75) is 47.2 Å². The number of carbonyl (C=O) groups is 3. The average Bonchev–Trinajstić information content (AvgIpc) is 3.30. The molecule has 6 rings (SSSR count). The van der Waals surface area contributed by atoms with Crippen LogP contribution in [0, 0.1) is 0 Å². The van der Waals surface area contributed by atoms with Crippen molar-refractivity contribution in [1.82, 2.24) is 0 Å². The summed E-state index contributed by atoms with van der Waals surface area (Å²) < 4.78 is 16.3. The van der Waals surface area contributed by atoms with Crippen molar-refractivity contribution < 1.29 is 109 Å². The third-order valence-corrected chi connectivity index (χ3v) is 10.9. The van der Waals surface area contributed by atoms with E-state index in [0.29, 0.717) is 47.8 Å². The molecule has 0 saturated carbocycles. The topological polar surface area (TPSA) is 136 Å². The van der Waals surface area contributed by atoms with Crippen molar-refractivity contribution in [2.24, 2.45) is 0 Å². The van der Waals surface area contributed by atoms with Crippen LogP contribution < -0.4 is 33.7 Å². The summed E-state index contributed by atoms with van der Waals surface area (Å²) in [5, 5.41) is 22.7. The van der Waals surface area contributed by atoms with Gasteiger partial charge in [-0.15, -0.1) is 0 Å². The monoisotopic (exact) mass is 1040 g/mol. The number of hydrogen-bond donors (Lipinski definition) is 3. The third kappa shape index (κ3) is 14.6. The summed E-state index contributed by atoms with van der Waals surface area (Å²) in [6.07, 6.45) is 11.5. The van der Waals surface area contributed by atoms with Gasteiger partial charge in [-0.25, -0.2) is 9.59 Å². The summed E-state index contributed by atoms with van der Waals surface area (Å²) in [4.78, 5) is 41.4. The van der Waals surface area contributed by atoms with E-state index in [-0.39, 0.29) is 84.4 Å². The number of nitrogens with one attached hydrogen (secondary N) is 1. The number of carboxylic acid groups (broad SMARTS) is 2. The quantitative estimate of drug-likeness (QED) is 0.0348. The van der Waals surface area contributed by atoms with Gasteiger partial charge in [0.25, 0.3) is 5.91 Å². The van der Waals surface area contributed by atoms with Gasteiger partial charge < -0.3 is 34.8 Å². The fourth-order valence-electron chi connectivity index (χ4n) is 7.52. The maximum Gasteiger partial charge on any atom is 0.370 e. The molecule has 14 heteroatoms. The molecule has 336 valence electrons. The van der Waals surface area contributed by atoms with Crippen LogP contribution in [0.1, 0.15) is 56.4 Å². The molecule has 2 radical (unpaired) electrons. The number of para-hydroxylation sites is 2. The number of ether oxygens (including phenoxy) is 2. The Morgan fingerprint density at radius 2 is 1.17 bits per heavy atom. The Bertz CT molecular complexity index is 2620. The zero-order chi connectivity index (χ0) is 45.4. The number of aliphatic carboxylic acids is 2. The molecule has 0 unspecified atom stereocenters. The Labute approximate surface area is 437 Å². The predicted octanol–water partition coefficient (Wildman–Crippen LogP) is 8.47. The van der Waals surface area contributed by atoms with Gasteiger partial charge in [-0.05, 0) is 87.4 Å². The minimum Gasteiger partial charge on any atom is -0.493 e. The van der Waals surface area contributed by atoms with Gasteiger partial charge in [0, 0.05) is 168 Å². The van der Waals surface area contributed by atoms with Gasteiger partial charge >= 0.3 is 11.9 Å². The van der Waals surface area contributed by atoms with Crippen LogP contribution in [-0.4, -0.2) is 67.5 Å². The van der Waals surface area contributed by atoms with Crippen LogP contribution in [0.25, 0.3) is 34.7 Å². The summed E-state index contributed by atoms with van der Waals surface area (Å²) in [6.45, 7) is 12.1. The Morgan fingerprint density at radius 3 is 1.76 bits per heavy atom. The molecule has 2 heterocycles. The SMILES string of the molecule is CCN(CC)c1ccc(/C=C(\C(=O)Nc2ccccc2)c2cc[n+](CC(=O)O)cc2)c(OCCCOc2cc(N(CC)CC)ccc2/C=C/c2cc[n+](CC(=O)O)c3ccccc23)c1.[Y].[Y]. The number of pyridine rings is 2. The van der Waals surface area contributed by atoms with Crippen molar-refractivity contribution >= 4 is 69.6 Å². The second kappa shape index (κ2) is 26.8. The van der Waals surface area contributed by atoms with Gasteiger partial charge in [0.15, 0.2) is 18.6 Å². The Hall–Kier alpha value is -5.26. The van der Waals surface area contributed by atoms with E-state index in [0.717, 1.165) is 65.3 Å². The van der Waals surface area contributed by atoms with Crippen molar-refractivity contribution in [3.63, 3.8) is 0 Å². The summed E-state index contributed by atoms with van der Waals surface area (Å²) in [7, 11) is 0. The van der Waals surface area contributed by atoms with Crippen molar-refractivity contribution in [3.05, 3.63) is 150 Å². The van der Waals surface area contributed by atoms with Crippen LogP contribution in [0.15, 0.2) is 128 Å². The van der Waals surface area contributed by atoms with Crippen molar-refractivity contribution in [3.8, 4) is 11.5 Å². The maximum atomic E-state index is 14.0. The fourth-order valence-corrected chi connectivity index (χ4v) is 7.52. The largest absolute Gasteiger partial charge is 0.493 e. The summed E-state index contributed by atoms with van der Waals surface area (Å²) in [5.74, 6) is -0.852. The molecule has 0 fully saturated rings. The molecule has 3 N–H and O–H groups in total. The van der Waals surface area contributed by atoms with E-state index < -0.39 is 11.9 Å². The number of fused-ring (bicyclic) bond motifs is 1. The van der Waals surface area contributed by atoms with Gasteiger partial charge in [0.2, 0.25) is 18.6 Å². The number of hydrogen-bond acceptors (Lipinski definition) is 7. The van der Waals surface area contributed by atoms with Crippen LogP contribution in [-0.2, 0) is 92.9 Å². The Morgan fingerprint density at radius 1 is 0.621 bits per heavy atom. The van der Waals surface area contributed by atoms with Crippen LogP contribution in [0.2, 0.25) is 0 Å². The van der Waals surface area contributed by atoms with Crippen LogP contribution in [0.3, 0.4) is 0 Å². The molecule has 0 bridgehead atoms. The van der Waals surface area contributed by atoms with Gasteiger partial charge in [-0.2, -0.15) is 9.13 Å². The molecular weight excluding hydrogens is 984 g/mol. The fraction of sp³-hybridized carbons (Fsp3) is 0.250. The van der Waals surface area contributed by atoms with E-state index in [9.17, 15) is 24.6 Å². The Balaban J connectivity index is 0.00000476. The number of carboxylic acids is 2. The predicted molar refractivity (Wildman–Crippen MR) is 254 cm³/mol. The Kier molecular flexibility index (Phi) is 21.6. The standard InChI is InChI=1S/C52H55N5O7.2Y/c1-5-55(6-2)43-23-21-40(20-19-38-27-30-57(37-51(60)61)47-18-13-12-17-45(38)47)48(34-43)63-31-14-32-64-49-35-44(56(7-3)8-4)24-22-41(49)33-46(52(62)53-42-15-10-9-11-16-42)39-25-28-54(29-26-39)36-50(58)59;;/h9-13,15-30,33-35H,5-8,14,31-32,36-37H2,1-4H3,(H-2,53,58,59,60,61,62);;/p+2. The van der Waals surface area contributed by atoms with E-state index in [1.54, 1.807) is 35.3 Å². The van der Waals surface area contributed by atoms with E-state index in [2.05, 4.69) is 61.0 Å². The number of benzene rings is 4. The summed E-state index contributed by atoms with van der Waals surface area (Å²) >= 11 is 0. The average molecular weight is 1040 g/mol. The molecular formula is C52H57N5O7Y2+2. The van der Waals surface area contributed by atoms with Crippen molar-refractivity contribution in [2.75, 3.05) is 54.5 Å². The zero-order valence-electron chi connectivity index (χ0n) is 38.1. The van der Waals surface area contributed by atoms with Gasteiger partial charge in [0.1, 0.15) is 11.5 Å². The minimum atomic E-state index is -0.965. The molecule has 2 aromatic heterocycles. The van der Waals surface area contributed by atoms with E-state index in [1.165, 1.54) is 4.57 Å². The molecule has 4 aromatic carbocycles. The second-order valence-corrected chi connectivity index (χ2v) is 15.0. The summed E-state index contributed by atoms with van der Waals surface area (Å²) in [5.41, 5.74) is 7.08. The van der Waals surface area contributed by atoms with Gasteiger partial charge in [-0.1, -0.05) is 42.5 Å². The van der Waals surface area contributed by atoms with E-state index >= 15 is 0 Å². The molecule has 0 aliphatic rings. The molecule has 0 spiro atoms. The van der Waals surface area contributed by atoms with E-state index in [1.807, 2.05) is 97.1 Å². The molecule has 1 amide bonds. The first-order valence-corrected chi connectivity index (χ1v) is 21.7. The number of rotatable bonds is 22. The van der Waals surface area contributed by atoms with Crippen LogP contribution in [0.4, 0.5) is 17.1 Å². The number of anilines is 3. The molecule has 0 aliphatic carbocycles. The zero-order valence-corrected chi connectivity index (χ0v) is 43.8. The maximum absolute atomic E-state index is 14.0. The number of carbonyl (C=O) groups excluding carboxylic acids is 1. The first-order chi connectivity index (χ1) is 31.1. The smallest absolute Gasteiger partial charge is 0.370 e. The first kappa shape index (κ1) is 53.4. The van der Waals surface area contributed by atoms with E-state index in [4.69, 9.17) is 9.47 Å². The number of amides is 1. The molecule has 12 nitrogen and oxygen atoms in total. The second-order valence-electron chi connectivity index (χ2n) is 15.0. The normalized spacial score (nSPS) is 11.1. The molecule has 0 saturated heterocycles. The molecule has 6 aromatic rings. The molecule has 0 aliphatic heterocycles. The molecule has 66 heavy (non-hydrogen) atoms. The van der Waals surface area contributed by atoms with Crippen LogP contribution >= 0.6 is 0 Å². The first-order valence-electron chi connectivity index (χ1n) is 21.7. The van der Waals surface area contributed by atoms with Gasteiger partial charge in [-0.3, -0.25) is 4.79 Å². The molecule has 0 atom stereocenters. The minimum absolute atomic E-state index is 0. The number of aromatic nitrogens is 2. The van der Waals surface area contributed by atoms with Crippen LogP contribution in [0.5, 0.6) is 11.5 Å². The summed E-state index contributed by atoms with van der Waals surface area (Å²) in [6, 6.07) is 34.6. The van der Waals surface area contributed by atoms with Crippen molar-refractivity contribution in [1.29, 1.82) is 0 Å². The number of nitrogens with zero attached hydrogens (tertiary/aromatic N) is 4. The third-order valence-electron chi connectivity index (χ3n) is 10.9.